The van der Waals surface area contributed by atoms with Crippen molar-refractivity contribution in [3.05, 3.63) is 18.2 Å². The third-order valence-electron chi connectivity index (χ3n) is 4.86. The van der Waals surface area contributed by atoms with Crippen LogP contribution in [0, 0.1) is 0 Å². The van der Waals surface area contributed by atoms with Gasteiger partial charge in [0.25, 0.3) is 0 Å². The van der Waals surface area contributed by atoms with Gasteiger partial charge < -0.3 is 37.1 Å². The molecular weight excluding hydrogens is 410 g/mol. The minimum atomic E-state index is -1.40. The molecule has 170 valence electrons. The number of imidazole rings is 1. The number of primary amides is 1. The summed E-state index contributed by atoms with van der Waals surface area (Å²) in [6.45, 7) is 1.85. The summed E-state index contributed by atoms with van der Waals surface area (Å²) in [7, 11) is 0. The van der Waals surface area contributed by atoms with Gasteiger partial charge in [0.15, 0.2) is 0 Å². The van der Waals surface area contributed by atoms with Crippen LogP contribution in [0.3, 0.4) is 0 Å². The van der Waals surface area contributed by atoms with Gasteiger partial charge in [-0.3, -0.25) is 19.2 Å². The van der Waals surface area contributed by atoms with Crippen LogP contribution in [0.2, 0.25) is 0 Å². The number of nitrogens with one attached hydrogen (secondary N) is 3. The predicted molar refractivity (Wildman–Crippen MR) is 106 cm³/mol. The maximum Gasteiger partial charge on any atom is 0.326 e. The van der Waals surface area contributed by atoms with Gasteiger partial charge in [0.1, 0.15) is 18.1 Å². The van der Waals surface area contributed by atoms with Crippen LogP contribution in [-0.4, -0.2) is 80.3 Å². The van der Waals surface area contributed by atoms with E-state index in [2.05, 4.69) is 20.6 Å². The van der Waals surface area contributed by atoms with Gasteiger partial charge in [-0.25, -0.2) is 9.78 Å². The van der Waals surface area contributed by atoms with Gasteiger partial charge in [-0.15, -0.1) is 0 Å². The fourth-order valence-corrected chi connectivity index (χ4v) is 3.33. The number of aliphatic carboxylic acids is 1. The van der Waals surface area contributed by atoms with Crippen LogP contribution in [0.4, 0.5) is 0 Å². The Morgan fingerprint density at radius 1 is 1.29 bits per heavy atom. The molecule has 0 saturated carbocycles. The molecule has 0 aliphatic carbocycles. The summed E-state index contributed by atoms with van der Waals surface area (Å²) < 4.78 is 0. The normalized spacial score (nSPS) is 18.6. The van der Waals surface area contributed by atoms with Crippen LogP contribution in [0.1, 0.15) is 31.9 Å². The quantitative estimate of drug-likeness (QED) is 0.225. The Kier molecular flexibility index (Phi) is 8.07. The van der Waals surface area contributed by atoms with Crippen LogP contribution in [-0.2, 0) is 30.4 Å². The lowest BCUT2D eigenvalue weighted by Gasteiger charge is -2.27. The molecule has 4 unspecified atom stereocenters. The van der Waals surface area contributed by atoms with E-state index in [9.17, 15) is 29.1 Å². The molecule has 4 atom stereocenters. The number of likely N-dealkylation sites (tertiary alicyclic amines) is 1. The average molecular weight is 437 g/mol. The van der Waals surface area contributed by atoms with Crippen molar-refractivity contribution in [3.8, 4) is 0 Å². The van der Waals surface area contributed by atoms with Crippen LogP contribution >= 0.6 is 0 Å². The van der Waals surface area contributed by atoms with Crippen LogP contribution in [0.25, 0.3) is 0 Å². The van der Waals surface area contributed by atoms with Crippen LogP contribution in [0.5, 0.6) is 0 Å². The molecule has 0 aromatic carbocycles. The predicted octanol–water partition coefficient (Wildman–Crippen LogP) is -2.78. The van der Waals surface area contributed by atoms with E-state index < -0.39 is 60.2 Å². The van der Waals surface area contributed by atoms with Crippen molar-refractivity contribution in [2.24, 2.45) is 11.5 Å². The van der Waals surface area contributed by atoms with E-state index in [1.807, 2.05) is 0 Å². The first-order valence-electron chi connectivity index (χ1n) is 9.75. The maximum atomic E-state index is 12.7. The molecule has 13 heteroatoms. The summed E-state index contributed by atoms with van der Waals surface area (Å²) in [6, 6.07) is -4.37. The standard InChI is InChI=1S/C18H27N7O6/c1-9(19)17(29)25-4-2-3-13(25)16(28)23-11(6-14(20)26)15(27)24-12(18(30)31)5-10-7-21-8-22-10/h7-9,11-13H,2-6,19H2,1H3,(H2,20,26)(H,21,22)(H,23,28)(H,24,27)(H,30,31). The lowest BCUT2D eigenvalue weighted by atomic mass is 10.1. The number of amides is 4. The molecule has 0 radical (unpaired) electrons. The topological polar surface area (TPSA) is 214 Å². The largest absolute Gasteiger partial charge is 0.480 e. The van der Waals surface area contributed by atoms with Crippen molar-refractivity contribution in [3.63, 3.8) is 0 Å². The SMILES string of the molecule is CC(N)C(=O)N1CCCC1C(=O)NC(CC(N)=O)C(=O)NC(Cc1cnc[nH]1)C(=O)O. The van der Waals surface area contributed by atoms with Crippen molar-refractivity contribution < 1.29 is 29.1 Å². The highest BCUT2D eigenvalue weighted by molar-refractivity contribution is 5.96. The first-order chi connectivity index (χ1) is 14.6. The number of carboxylic acid groups (broad SMARTS) is 1. The van der Waals surface area contributed by atoms with Gasteiger partial charge in [0, 0.05) is 24.9 Å². The minimum absolute atomic E-state index is 0.0857. The molecule has 8 N–H and O–H groups in total. The smallest absolute Gasteiger partial charge is 0.326 e. The van der Waals surface area contributed by atoms with Crippen LogP contribution in [0.15, 0.2) is 12.5 Å². The van der Waals surface area contributed by atoms with Crippen molar-refractivity contribution in [1.29, 1.82) is 0 Å². The second kappa shape index (κ2) is 10.5. The highest BCUT2D eigenvalue weighted by Crippen LogP contribution is 2.18. The second-order valence-electron chi connectivity index (χ2n) is 7.39. The highest BCUT2D eigenvalue weighted by Gasteiger charge is 2.37. The molecule has 1 aliphatic rings. The number of nitrogens with two attached hydrogens (primary N) is 2. The molecule has 2 rings (SSSR count). The third-order valence-corrected chi connectivity index (χ3v) is 4.86. The third kappa shape index (κ3) is 6.50. The fraction of sp³-hybridized carbons (Fsp3) is 0.556. The van der Waals surface area contributed by atoms with E-state index in [0.717, 1.165) is 0 Å². The number of carboxylic acids is 1. The van der Waals surface area contributed by atoms with Gasteiger partial charge in [0.2, 0.25) is 23.6 Å². The van der Waals surface area contributed by atoms with E-state index in [-0.39, 0.29) is 6.42 Å². The highest BCUT2D eigenvalue weighted by atomic mass is 16.4. The first-order valence-corrected chi connectivity index (χ1v) is 9.75. The molecular formula is C18H27N7O6. The van der Waals surface area contributed by atoms with Gasteiger partial charge >= 0.3 is 5.97 Å². The summed E-state index contributed by atoms with van der Waals surface area (Å²) >= 11 is 0. The molecule has 1 saturated heterocycles. The zero-order valence-electron chi connectivity index (χ0n) is 17.0. The van der Waals surface area contributed by atoms with E-state index in [1.165, 1.54) is 24.3 Å². The Hall–Kier alpha value is -3.48. The zero-order valence-corrected chi connectivity index (χ0v) is 17.0. The van der Waals surface area contributed by atoms with Gasteiger partial charge in [-0.05, 0) is 19.8 Å². The zero-order chi connectivity index (χ0) is 23.1. The van der Waals surface area contributed by atoms with Gasteiger partial charge in [-0.2, -0.15) is 0 Å². The fourth-order valence-electron chi connectivity index (χ4n) is 3.33. The lowest BCUT2D eigenvalue weighted by Crippen LogP contribution is -2.57. The molecule has 0 bridgehead atoms. The Labute approximate surface area is 177 Å². The van der Waals surface area contributed by atoms with Crippen molar-refractivity contribution in [2.75, 3.05) is 6.54 Å². The minimum Gasteiger partial charge on any atom is -0.480 e. The number of rotatable bonds is 10. The van der Waals surface area contributed by atoms with E-state index in [0.29, 0.717) is 25.1 Å². The van der Waals surface area contributed by atoms with Gasteiger partial charge in [0.05, 0.1) is 18.8 Å². The monoisotopic (exact) mass is 437 g/mol. The van der Waals surface area contributed by atoms with Gasteiger partial charge in [-0.1, -0.05) is 0 Å². The number of aromatic nitrogens is 2. The van der Waals surface area contributed by atoms with E-state index >= 15 is 0 Å². The summed E-state index contributed by atoms with van der Waals surface area (Å²) in [5.41, 5.74) is 11.3. The van der Waals surface area contributed by atoms with Crippen LogP contribution < -0.4 is 22.1 Å². The number of aromatic amines is 1. The Balaban J connectivity index is 2.10. The Morgan fingerprint density at radius 3 is 2.55 bits per heavy atom. The number of hydrogen-bond acceptors (Lipinski definition) is 7. The van der Waals surface area contributed by atoms with E-state index in [1.54, 1.807) is 0 Å². The number of carbonyl (C=O) groups is 5. The second-order valence-corrected chi connectivity index (χ2v) is 7.39. The molecule has 1 fully saturated rings. The maximum absolute atomic E-state index is 12.7. The molecule has 13 nitrogen and oxygen atoms in total. The average Bonchev–Trinajstić information content (AvgIpc) is 3.37. The lowest BCUT2D eigenvalue weighted by molar-refractivity contribution is -0.143. The number of carbonyl (C=O) groups excluding carboxylic acids is 4. The molecule has 1 aromatic rings. The molecule has 4 amide bonds. The summed E-state index contributed by atoms with van der Waals surface area (Å²) in [5.74, 6) is -4.11. The molecule has 2 heterocycles. The molecule has 0 spiro atoms. The molecule has 1 aliphatic heterocycles. The Bertz CT molecular complexity index is 825. The van der Waals surface area contributed by atoms with E-state index in [4.69, 9.17) is 11.5 Å². The van der Waals surface area contributed by atoms with Crippen molar-refractivity contribution in [1.82, 2.24) is 25.5 Å². The first kappa shape index (κ1) is 23.8. The number of nitrogens with zero attached hydrogens (tertiary/aromatic N) is 2. The number of H-pyrrole nitrogens is 1. The number of hydrogen-bond donors (Lipinski definition) is 6. The summed E-state index contributed by atoms with van der Waals surface area (Å²) in [5, 5.41) is 14.1. The summed E-state index contributed by atoms with van der Waals surface area (Å²) in [6.07, 6.45) is 3.10. The van der Waals surface area contributed by atoms with Crippen molar-refractivity contribution in [2.45, 2.75) is 56.8 Å². The molecule has 1 aromatic heterocycles. The van der Waals surface area contributed by atoms with Crippen molar-refractivity contribution >= 4 is 29.6 Å². The molecule has 31 heavy (non-hydrogen) atoms. The Morgan fingerprint density at radius 2 is 2.00 bits per heavy atom. The summed E-state index contributed by atoms with van der Waals surface area (Å²) in [4.78, 5) is 68.5.